The van der Waals surface area contributed by atoms with Crippen molar-refractivity contribution in [3.05, 3.63) is 54.4 Å². The molecule has 0 aliphatic heterocycles. The lowest BCUT2D eigenvalue weighted by Crippen LogP contribution is -2.20. The second-order valence-electron chi connectivity index (χ2n) is 6.21. The monoisotopic (exact) mass is 338 g/mol. The first-order valence-corrected chi connectivity index (χ1v) is 8.83. The average molecular weight is 338 g/mol. The molecule has 5 nitrogen and oxygen atoms in total. The number of aromatic nitrogens is 2. The van der Waals surface area contributed by atoms with Gasteiger partial charge in [0.25, 0.3) is 0 Å². The first-order valence-electron chi connectivity index (χ1n) is 8.83. The zero-order valence-corrected chi connectivity index (χ0v) is 14.9. The molecule has 0 saturated heterocycles. The summed E-state index contributed by atoms with van der Waals surface area (Å²) < 4.78 is 2.30. The number of nitrogens with zero attached hydrogens (tertiary/aromatic N) is 3. The molecule has 1 aromatic heterocycles. The predicted molar refractivity (Wildman–Crippen MR) is 104 cm³/mol. The Hall–Kier alpha value is -2.53. The van der Waals surface area contributed by atoms with Crippen LogP contribution in [0.2, 0.25) is 0 Å². The average Bonchev–Trinajstić information content (AvgIpc) is 2.99. The molecule has 0 radical (unpaired) electrons. The summed E-state index contributed by atoms with van der Waals surface area (Å²) in [6.07, 6.45) is 1.08. The van der Waals surface area contributed by atoms with Gasteiger partial charge >= 0.3 is 0 Å². The molecular weight excluding hydrogens is 312 g/mol. The number of likely N-dealkylation sites (N-methyl/N-ethyl adjacent to an activating group) is 1. The molecule has 0 aliphatic carbocycles. The first-order chi connectivity index (χ1) is 12.2. The summed E-state index contributed by atoms with van der Waals surface area (Å²) >= 11 is 0. The van der Waals surface area contributed by atoms with E-state index in [0.717, 1.165) is 35.7 Å². The number of hydrogen-bond acceptors (Lipinski definition) is 4. The van der Waals surface area contributed by atoms with E-state index in [2.05, 4.69) is 59.3 Å². The highest BCUT2D eigenvalue weighted by Crippen LogP contribution is 2.20. The van der Waals surface area contributed by atoms with E-state index in [4.69, 9.17) is 10.1 Å². The van der Waals surface area contributed by atoms with Gasteiger partial charge in [0.1, 0.15) is 5.82 Å². The standard InChI is InChI=1S/C20H26N4O/c1-3-12-24-19-7-5-4-6-18(19)22-20(24)15-21-16-8-10-17(11-9-16)23(2)13-14-25/h4-11,21,25H,3,12-15H2,1-2H3. The fraction of sp³-hybridized carbons (Fsp3) is 0.350. The summed E-state index contributed by atoms with van der Waals surface area (Å²) in [5, 5.41) is 12.5. The van der Waals surface area contributed by atoms with Gasteiger partial charge in [-0.1, -0.05) is 19.1 Å². The number of aliphatic hydroxyl groups excluding tert-OH is 1. The van der Waals surface area contributed by atoms with Gasteiger partial charge in [-0.3, -0.25) is 0 Å². The number of aryl methyl sites for hydroxylation is 1. The number of anilines is 2. The third-order valence-corrected chi connectivity index (χ3v) is 4.37. The van der Waals surface area contributed by atoms with E-state index in [1.54, 1.807) is 0 Å². The van der Waals surface area contributed by atoms with Crippen LogP contribution in [0.3, 0.4) is 0 Å². The summed E-state index contributed by atoms with van der Waals surface area (Å²) in [5.41, 5.74) is 4.41. The van der Waals surface area contributed by atoms with Gasteiger partial charge in [-0.2, -0.15) is 0 Å². The zero-order valence-electron chi connectivity index (χ0n) is 14.9. The van der Waals surface area contributed by atoms with Crippen molar-refractivity contribution in [2.45, 2.75) is 26.4 Å². The molecular formula is C20H26N4O. The molecule has 0 aliphatic rings. The Balaban J connectivity index is 1.73. The highest BCUT2D eigenvalue weighted by Gasteiger charge is 2.09. The van der Waals surface area contributed by atoms with Crippen LogP contribution in [0, 0.1) is 0 Å². The largest absolute Gasteiger partial charge is 0.395 e. The van der Waals surface area contributed by atoms with Crippen LogP contribution < -0.4 is 10.2 Å². The van der Waals surface area contributed by atoms with Crippen molar-refractivity contribution in [1.29, 1.82) is 0 Å². The molecule has 0 bridgehead atoms. The van der Waals surface area contributed by atoms with E-state index in [1.807, 2.05) is 18.0 Å². The Morgan fingerprint density at radius 2 is 1.88 bits per heavy atom. The summed E-state index contributed by atoms with van der Waals surface area (Å²) in [6, 6.07) is 16.6. The van der Waals surface area contributed by atoms with Crippen LogP contribution in [-0.2, 0) is 13.1 Å². The maximum Gasteiger partial charge on any atom is 0.129 e. The minimum Gasteiger partial charge on any atom is -0.395 e. The third-order valence-electron chi connectivity index (χ3n) is 4.37. The van der Waals surface area contributed by atoms with Crippen molar-refractivity contribution in [2.75, 3.05) is 30.4 Å². The molecule has 3 rings (SSSR count). The quantitative estimate of drug-likeness (QED) is 0.660. The van der Waals surface area contributed by atoms with E-state index in [9.17, 15) is 0 Å². The molecule has 0 unspecified atom stereocenters. The molecule has 1 heterocycles. The van der Waals surface area contributed by atoms with Crippen molar-refractivity contribution in [3.8, 4) is 0 Å². The molecule has 25 heavy (non-hydrogen) atoms. The number of nitrogens with one attached hydrogen (secondary N) is 1. The fourth-order valence-electron chi connectivity index (χ4n) is 3.03. The molecule has 132 valence electrons. The molecule has 5 heteroatoms. The molecule has 0 amide bonds. The number of rotatable bonds is 8. The van der Waals surface area contributed by atoms with Gasteiger partial charge in [0.2, 0.25) is 0 Å². The lowest BCUT2D eigenvalue weighted by atomic mass is 10.2. The van der Waals surface area contributed by atoms with Gasteiger partial charge in [0.15, 0.2) is 0 Å². The van der Waals surface area contributed by atoms with Crippen molar-refractivity contribution in [1.82, 2.24) is 9.55 Å². The smallest absolute Gasteiger partial charge is 0.129 e. The number of imidazole rings is 1. The Bertz CT molecular complexity index is 810. The van der Waals surface area contributed by atoms with Crippen molar-refractivity contribution in [2.24, 2.45) is 0 Å². The first kappa shape index (κ1) is 17.3. The molecule has 0 saturated carbocycles. The van der Waals surface area contributed by atoms with Gasteiger partial charge in [-0.15, -0.1) is 0 Å². The van der Waals surface area contributed by atoms with Crippen molar-refractivity contribution >= 4 is 22.4 Å². The fourth-order valence-corrected chi connectivity index (χ4v) is 3.03. The normalized spacial score (nSPS) is 11.0. The van der Waals surface area contributed by atoms with Gasteiger partial charge in [0, 0.05) is 31.5 Å². The third kappa shape index (κ3) is 3.94. The van der Waals surface area contributed by atoms with E-state index >= 15 is 0 Å². The highest BCUT2D eigenvalue weighted by atomic mass is 16.3. The Morgan fingerprint density at radius 3 is 2.60 bits per heavy atom. The summed E-state index contributed by atoms with van der Waals surface area (Å²) in [7, 11) is 1.98. The van der Waals surface area contributed by atoms with E-state index < -0.39 is 0 Å². The topological polar surface area (TPSA) is 53.3 Å². The molecule has 0 atom stereocenters. The lowest BCUT2D eigenvalue weighted by molar-refractivity contribution is 0.304. The summed E-state index contributed by atoms with van der Waals surface area (Å²) in [4.78, 5) is 6.81. The number of hydrogen-bond donors (Lipinski definition) is 2. The number of benzene rings is 2. The maximum atomic E-state index is 9.03. The second kappa shape index (κ2) is 8.03. The van der Waals surface area contributed by atoms with Crippen molar-refractivity contribution in [3.63, 3.8) is 0 Å². The number of para-hydroxylation sites is 2. The Morgan fingerprint density at radius 1 is 1.12 bits per heavy atom. The van der Waals surface area contributed by atoms with Gasteiger partial charge in [-0.05, 0) is 42.8 Å². The molecule has 3 aromatic rings. The van der Waals surface area contributed by atoms with Crippen LogP contribution in [0.15, 0.2) is 48.5 Å². The Kier molecular flexibility index (Phi) is 5.56. The van der Waals surface area contributed by atoms with Crippen LogP contribution in [0.5, 0.6) is 0 Å². The minimum atomic E-state index is 0.157. The molecule has 2 N–H and O–H groups in total. The SMILES string of the molecule is CCCn1c(CNc2ccc(N(C)CCO)cc2)nc2ccccc21. The minimum absolute atomic E-state index is 0.157. The van der Waals surface area contributed by atoms with Gasteiger partial charge in [-0.25, -0.2) is 4.98 Å². The summed E-state index contributed by atoms with van der Waals surface area (Å²) in [5.74, 6) is 1.06. The van der Waals surface area contributed by atoms with E-state index in [1.165, 1.54) is 5.52 Å². The van der Waals surface area contributed by atoms with Crippen LogP contribution in [0.25, 0.3) is 11.0 Å². The van der Waals surface area contributed by atoms with Crippen molar-refractivity contribution < 1.29 is 5.11 Å². The zero-order chi connectivity index (χ0) is 17.6. The van der Waals surface area contributed by atoms with E-state index in [0.29, 0.717) is 13.1 Å². The van der Waals surface area contributed by atoms with Crippen LogP contribution in [0.4, 0.5) is 11.4 Å². The van der Waals surface area contributed by atoms with Crippen LogP contribution >= 0.6 is 0 Å². The van der Waals surface area contributed by atoms with Gasteiger partial charge in [0.05, 0.1) is 24.2 Å². The van der Waals surface area contributed by atoms with Crippen LogP contribution in [0.1, 0.15) is 19.2 Å². The Labute approximate surface area is 148 Å². The predicted octanol–water partition coefficient (Wildman–Crippen LogP) is 3.49. The lowest BCUT2D eigenvalue weighted by Gasteiger charge is -2.18. The number of fused-ring (bicyclic) bond motifs is 1. The molecule has 0 fully saturated rings. The molecule has 0 spiro atoms. The van der Waals surface area contributed by atoms with Crippen LogP contribution in [-0.4, -0.2) is 34.9 Å². The summed E-state index contributed by atoms with van der Waals surface area (Å²) in [6.45, 7) is 4.65. The van der Waals surface area contributed by atoms with E-state index in [-0.39, 0.29) is 6.61 Å². The second-order valence-corrected chi connectivity index (χ2v) is 6.21. The maximum absolute atomic E-state index is 9.03. The van der Waals surface area contributed by atoms with Gasteiger partial charge < -0.3 is 19.9 Å². The number of aliphatic hydroxyl groups is 1. The molecule has 2 aromatic carbocycles. The highest BCUT2D eigenvalue weighted by molar-refractivity contribution is 5.76.